The number of hydrogen-bond acceptors (Lipinski definition) is 7. The molecule has 3 aromatic rings. The number of nitrogens with zero attached hydrogens (tertiary/aromatic N) is 2. The standard InChI is InChI=1S/C20H19FN2O4S/c1-12(26-17-10-6-15(21)7-11-17)19-22-23-20(27-19)28-13(2)18(24)14-4-8-16(25-3)9-5-14/h4-13H,1-3H3/t12-,13+/m0/s1. The summed E-state index contributed by atoms with van der Waals surface area (Å²) in [6.07, 6.45) is -0.514. The molecule has 1 aromatic heterocycles. The second-order valence-electron chi connectivity index (χ2n) is 5.97. The summed E-state index contributed by atoms with van der Waals surface area (Å²) in [7, 11) is 1.57. The van der Waals surface area contributed by atoms with Crippen LogP contribution >= 0.6 is 11.8 Å². The van der Waals surface area contributed by atoms with Crippen LogP contribution in [0, 0.1) is 5.82 Å². The molecular weight excluding hydrogens is 383 g/mol. The summed E-state index contributed by atoms with van der Waals surface area (Å²) in [6.45, 7) is 3.52. The molecule has 3 rings (SSSR count). The number of rotatable bonds is 8. The highest BCUT2D eigenvalue weighted by Gasteiger charge is 2.22. The van der Waals surface area contributed by atoms with E-state index in [4.69, 9.17) is 13.9 Å². The van der Waals surface area contributed by atoms with Gasteiger partial charge >= 0.3 is 0 Å². The maximum absolute atomic E-state index is 13.0. The average molecular weight is 402 g/mol. The molecule has 0 amide bonds. The molecule has 1 heterocycles. The maximum atomic E-state index is 13.0. The first-order valence-corrected chi connectivity index (χ1v) is 9.45. The highest BCUT2D eigenvalue weighted by molar-refractivity contribution is 8.00. The van der Waals surface area contributed by atoms with Gasteiger partial charge in [0.05, 0.1) is 12.4 Å². The quantitative estimate of drug-likeness (QED) is 0.399. The molecule has 0 aliphatic heterocycles. The molecule has 0 aliphatic carbocycles. The van der Waals surface area contributed by atoms with Gasteiger partial charge in [0.1, 0.15) is 17.3 Å². The zero-order valence-corrected chi connectivity index (χ0v) is 16.4. The van der Waals surface area contributed by atoms with Crippen molar-refractivity contribution in [3.8, 4) is 11.5 Å². The van der Waals surface area contributed by atoms with E-state index >= 15 is 0 Å². The lowest BCUT2D eigenvalue weighted by molar-refractivity contribution is 0.0993. The van der Waals surface area contributed by atoms with Crippen LogP contribution in [0.25, 0.3) is 0 Å². The van der Waals surface area contributed by atoms with E-state index in [0.29, 0.717) is 17.1 Å². The highest BCUT2D eigenvalue weighted by atomic mass is 32.2. The number of halogens is 1. The van der Waals surface area contributed by atoms with Crippen LogP contribution in [0.1, 0.15) is 36.2 Å². The van der Waals surface area contributed by atoms with E-state index in [2.05, 4.69) is 10.2 Å². The van der Waals surface area contributed by atoms with Crippen LogP contribution in [-0.4, -0.2) is 28.3 Å². The molecule has 0 saturated heterocycles. The van der Waals surface area contributed by atoms with Gasteiger partial charge in [0.15, 0.2) is 11.9 Å². The number of ketones is 1. The first-order valence-electron chi connectivity index (χ1n) is 8.57. The van der Waals surface area contributed by atoms with Crippen molar-refractivity contribution in [2.24, 2.45) is 0 Å². The van der Waals surface area contributed by atoms with Crippen molar-refractivity contribution in [1.82, 2.24) is 10.2 Å². The molecule has 146 valence electrons. The number of ether oxygens (including phenoxy) is 2. The normalized spacial score (nSPS) is 13.0. The van der Waals surface area contributed by atoms with Gasteiger partial charge in [0.25, 0.3) is 11.1 Å². The summed E-state index contributed by atoms with van der Waals surface area (Å²) >= 11 is 1.18. The predicted octanol–water partition coefficient (Wildman–Crippen LogP) is 4.72. The van der Waals surface area contributed by atoms with Crippen molar-refractivity contribution in [2.75, 3.05) is 7.11 Å². The Morgan fingerprint density at radius 1 is 1.04 bits per heavy atom. The molecule has 0 unspecified atom stereocenters. The lowest BCUT2D eigenvalue weighted by Gasteiger charge is -2.10. The van der Waals surface area contributed by atoms with Crippen LogP contribution in [-0.2, 0) is 0 Å². The minimum absolute atomic E-state index is 0.0528. The summed E-state index contributed by atoms with van der Waals surface area (Å²) in [5.41, 5.74) is 0.577. The molecular formula is C20H19FN2O4S. The molecule has 0 saturated carbocycles. The van der Waals surface area contributed by atoms with E-state index < -0.39 is 11.4 Å². The molecule has 0 aliphatic rings. The zero-order chi connectivity index (χ0) is 20.1. The largest absolute Gasteiger partial charge is 0.497 e. The Hall–Kier alpha value is -2.87. The molecule has 2 aromatic carbocycles. The zero-order valence-electron chi connectivity index (χ0n) is 15.6. The maximum Gasteiger partial charge on any atom is 0.277 e. The fraction of sp³-hybridized carbons (Fsp3) is 0.250. The minimum atomic E-state index is -0.514. The van der Waals surface area contributed by atoms with Crippen LogP contribution < -0.4 is 9.47 Å². The first kappa shape index (κ1) is 19.9. The van der Waals surface area contributed by atoms with Crippen molar-refractivity contribution in [3.05, 3.63) is 65.8 Å². The van der Waals surface area contributed by atoms with Gasteiger partial charge < -0.3 is 13.9 Å². The first-order chi connectivity index (χ1) is 13.5. The van der Waals surface area contributed by atoms with Crippen molar-refractivity contribution < 1.29 is 23.1 Å². The molecule has 0 radical (unpaired) electrons. The van der Waals surface area contributed by atoms with Gasteiger partial charge in [-0.05, 0) is 62.4 Å². The van der Waals surface area contributed by atoms with Gasteiger partial charge in [-0.15, -0.1) is 10.2 Å². The van der Waals surface area contributed by atoms with E-state index in [9.17, 15) is 9.18 Å². The van der Waals surface area contributed by atoms with Gasteiger partial charge in [-0.2, -0.15) is 0 Å². The van der Waals surface area contributed by atoms with Gasteiger partial charge in [-0.25, -0.2) is 4.39 Å². The van der Waals surface area contributed by atoms with E-state index in [1.807, 2.05) is 0 Å². The van der Waals surface area contributed by atoms with Crippen molar-refractivity contribution in [2.45, 2.75) is 30.4 Å². The topological polar surface area (TPSA) is 74.5 Å². The molecule has 0 N–H and O–H groups in total. The number of Topliss-reactive ketones (excluding diaryl/α,β-unsaturated/α-hetero) is 1. The third-order valence-corrected chi connectivity index (χ3v) is 4.85. The van der Waals surface area contributed by atoms with Crippen LogP contribution in [0.15, 0.2) is 58.2 Å². The Balaban J connectivity index is 1.61. The Bertz CT molecular complexity index is 928. The fourth-order valence-corrected chi connectivity index (χ4v) is 3.16. The number of benzene rings is 2. The van der Waals surface area contributed by atoms with Crippen molar-refractivity contribution >= 4 is 17.5 Å². The lowest BCUT2D eigenvalue weighted by atomic mass is 10.1. The van der Waals surface area contributed by atoms with E-state index in [0.717, 1.165) is 0 Å². The summed E-state index contributed by atoms with van der Waals surface area (Å²) < 4.78 is 29.3. The highest BCUT2D eigenvalue weighted by Crippen LogP contribution is 2.28. The summed E-state index contributed by atoms with van der Waals surface area (Å²) in [5.74, 6) is 1.06. The Labute approximate surface area is 166 Å². The second kappa shape index (κ2) is 8.88. The Morgan fingerprint density at radius 3 is 2.32 bits per heavy atom. The van der Waals surface area contributed by atoms with E-state index in [-0.39, 0.29) is 22.7 Å². The van der Waals surface area contributed by atoms with Crippen molar-refractivity contribution in [1.29, 1.82) is 0 Å². The number of carbonyl (C=O) groups is 1. The van der Waals surface area contributed by atoms with E-state index in [1.165, 1.54) is 36.0 Å². The minimum Gasteiger partial charge on any atom is -0.497 e. The van der Waals surface area contributed by atoms with Crippen LogP contribution in [0.4, 0.5) is 4.39 Å². The molecule has 0 fully saturated rings. The lowest BCUT2D eigenvalue weighted by Crippen LogP contribution is -2.13. The van der Waals surface area contributed by atoms with Crippen molar-refractivity contribution in [3.63, 3.8) is 0 Å². The number of hydrogen-bond donors (Lipinski definition) is 0. The monoisotopic (exact) mass is 402 g/mol. The Morgan fingerprint density at radius 2 is 1.68 bits per heavy atom. The molecule has 0 spiro atoms. The average Bonchev–Trinajstić information content (AvgIpc) is 3.18. The molecule has 6 nitrogen and oxygen atoms in total. The molecule has 2 atom stereocenters. The fourth-order valence-electron chi connectivity index (χ4n) is 2.39. The van der Waals surface area contributed by atoms with Crippen LogP contribution in [0.5, 0.6) is 11.5 Å². The predicted molar refractivity (Wildman–Crippen MR) is 102 cm³/mol. The van der Waals surface area contributed by atoms with Gasteiger partial charge in [-0.1, -0.05) is 11.8 Å². The van der Waals surface area contributed by atoms with Gasteiger partial charge in [0, 0.05) is 5.56 Å². The van der Waals surface area contributed by atoms with Crippen LogP contribution in [0.3, 0.4) is 0 Å². The van der Waals surface area contributed by atoms with Gasteiger partial charge in [0.2, 0.25) is 0 Å². The molecule has 8 heteroatoms. The van der Waals surface area contributed by atoms with Crippen LogP contribution in [0.2, 0.25) is 0 Å². The number of thioether (sulfide) groups is 1. The SMILES string of the molecule is COc1ccc(C(=O)[C@@H](C)Sc2nnc([C@H](C)Oc3ccc(F)cc3)o2)cc1. The summed E-state index contributed by atoms with van der Waals surface area (Å²) in [5, 5.41) is 7.81. The van der Waals surface area contributed by atoms with Gasteiger partial charge in [-0.3, -0.25) is 4.79 Å². The smallest absolute Gasteiger partial charge is 0.277 e. The number of carbonyl (C=O) groups excluding carboxylic acids is 1. The third kappa shape index (κ3) is 4.89. The summed E-state index contributed by atoms with van der Waals surface area (Å²) in [6, 6.07) is 12.6. The molecule has 28 heavy (non-hydrogen) atoms. The molecule has 0 bridgehead atoms. The Kier molecular flexibility index (Phi) is 6.30. The summed E-state index contributed by atoms with van der Waals surface area (Å²) in [4.78, 5) is 12.6. The number of methoxy groups -OCH3 is 1. The van der Waals surface area contributed by atoms with E-state index in [1.54, 1.807) is 45.2 Å². The third-order valence-electron chi connectivity index (χ3n) is 3.92. The second-order valence-corrected chi connectivity index (χ2v) is 7.27. The number of aromatic nitrogens is 2.